The number of aromatic nitrogens is 2. The molecule has 118 valence electrons. The lowest BCUT2D eigenvalue weighted by molar-refractivity contribution is 0.355. The van der Waals surface area contributed by atoms with Crippen molar-refractivity contribution in [1.29, 1.82) is 0 Å². The summed E-state index contributed by atoms with van der Waals surface area (Å²) in [6.45, 7) is 9.06. The van der Waals surface area contributed by atoms with Gasteiger partial charge in [0.05, 0.1) is 5.39 Å². The number of hydrogen-bond donors (Lipinski definition) is 0. The van der Waals surface area contributed by atoms with Crippen LogP contribution in [0.25, 0.3) is 10.2 Å². The lowest BCUT2D eigenvalue weighted by atomic mass is 9.91. The SMILES string of the molecule is Cc1nc(N2C[C@H](C)C[C@@H](C)C2)c2c3c(sc2n1)CCCC3. The second kappa shape index (κ2) is 5.48. The number of rotatable bonds is 1. The molecule has 22 heavy (non-hydrogen) atoms. The largest absolute Gasteiger partial charge is 0.355 e. The van der Waals surface area contributed by atoms with Crippen molar-refractivity contribution >= 4 is 27.4 Å². The van der Waals surface area contributed by atoms with Crippen molar-refractivity contribution in [2.45, 2.75) is 52.9 Å². The van der Waals surface area contributed by atoms with Crippen LogP contribution in [0, 0.1) is 18.8 Å². The number of aryl methyl sites for hydroxylation is 3. The molecule has 2 atom stereocenters. The van der Waals surface area contributed by atoms with Crippen LogP contribution in [0.5, 0.6) is 0 Å². The highest BCUT2D eigenvalue weighted by atomic mass is 32.1. The minimum Gasteiger partial charge on any atom is -0.355 e. The Hall–Kier alpha value is -1.16. The molecule has 4 rings (SSSR count). The molecule has 0 spiro atoms. The van der Waals surface area contributed by atoms with E-state index in [2.05, 4.69) is 18.7 Å². The van der Waals surface area contributed by atoms with E-state index in [0.29, 0.717) is 0 Å². The summed E-state index contributed by atoms with van der Waals surface area (Å²) in [5, 5.41) is 1.38. The lowest BCUT2D eigenvalue weighted by Crippen LogP contribution is -2.39. The van der Waals surface area contributed by atoms with Gasteiger partial charge in [-0.2, -0.15) is 0 Å². The normalized spacial score (nSPS) is 25.5. The highest BCUT2D eigenvalue weighted by Crippen LogP contribution is 2.40. The fourth-order valence-electron chi connectivity index (χ4n) is 4.31. The molecule has 0 unspecified atom stereocenters. The van der Waals surface area contributed by atoms with Crippen molar-refractivity contribution in [3.8, 4) is 0 Å². The van der Waals surface area contributed by atoms with Gasteiger partial charge >= 0.3 is 0 Å². The Labute approximate surface area is 136 Å². The van der Waals surface area contributed by atoms with Crippen LogP contribution in [-0.4, -0.2) is 23.1 Å². The Morgan fingerprint density at radius 1 is 1.05 bits per heavy atom. The summed E-state index contributed by atoms with van der Waals surface area (Å²) in [5.74, 6) is 3.65. The van der Waals surface area contributed by atoms with E-state index < -0.39 is 0 Å². The fraction of sp³-hybridized carbons (Fsp3) is 0.667. The Bertz CT molecular complexity index is 696. The zero-order chi connectivity index (χ0) is 15.3. The molecule has 0 radical (unpaired) electrons. The fourth-order valence-corrected chi connectivity index (χ4v) is 5.61. The van der Waals surface area contributed by atoms with E-state index in [0.717, 1.165) is 30.7 Å². The number of nitrogens with zero attached hydrogens (tertiary/aromatic N) is 3. The van der Waals surface area contributed by atoms with Crippen LogP contribution in [0.1, 0.15) is 49.4 Å². The van der Waals surface area contributed by atoms with Gasteiger partial charge in [-0.05, 0) is 56.4 Å². The molecule has 4 heteroatoms. The van der Waals surface area contributed by atoms with Crippen LogP contribution in [0.2, 0.25) is 0 Å². The first-order valence-electron chi connectivity index (χ1n) is 8.65. The lowest BCUT2D eigenvalue weighted by Gasteiger charge is -2.36. The van der Waals surface area contributed by atoms with E-state index in [-0.39, 0.29) is 0 Å². The molecule has 0 aromatic carbocycles. The Morgan fingerprint density at radius 2 is 1.77 bits per heavy atom. The zero-order valence-corrected chi connectivity index (χ0v) is 14.7. The van der Waals surface area contributed by atoms with E-state index in [9.17, 15) is 0 Å². The van der Waals surface area contributed by atoms with Gasteiger partial charge < -0.3 is 4.90 Å². The molecule has 2 aromatic heterocycles. The number of fused-ring (bicyclic) bond motifs is 3. The van der Waals surface area contributed by atoms with Crippen LogP contribution in [-0.2, 0) is 12.8 Å². The van der Waals surface area contributed by atoms with Gasteiger partial charge in [0.25, 0.3) is 0 Å². The summed E-state index contributed by atoms with van der Waals surface area (Å²) in [7, 11) is 0. The topological polar surface area (TPSA) is 29.0 Å². The van der Waals surface area contributed by atoms with Crippen LogP contribution in [0.4, 0.5) is 5.82 Å². The molecular formula is C18H25N3S. The Morgan fingerprint density at radius 3 is 2.55 bits per heavy atom. The van der Waals surface area contributed by atoms with Gasteiger partial charge in [0, 0.05) is 18.0 Å². The highest BCUT2D eigenvalue weighted by molar-refractivity contribution is 7.19. The minimum absolute atomic E-state index is 0.753. The molecule has 0 amide bonds. The molecule has 0 N–H and O–H groups in total. The van der Waals surface area contributed by atoms with Crippen molar-refractivity contribution in [2.75, 3.05) is 18.0 Å². The van der Waals surface area contributed by atoms with Gasteiger partial charge in [0.2, 0.25) is 0 Å². The molecule has 1 aliphatic carbocycles. The number of thiophene rings is 1. The second-order valence-corrected chi connectivity index (χ2v) is 8.42. The van der Waals surface area contributed by atoms with Crippen LogP contribution >= 0.6 is 11.3 Å². The average molecular weight is 315 g/mol. The van der Waals surface area contributed by atoms with E-state index in [1.165, 1.54) is 48.1 Å². The predicted octanol–water partition coefficient (Wildman–Crippen LogP) is 4.36. The highest BCUT2D eigenvalue weighted by Gasteiger charge is 2.27. The smallest absolute Gasteiger partial charge is 0.141 e. The maximum absolute atomic E-state index is 4.90. The van der Waals surface area contributed by atoms with E-state index in [4.69, 9.17) is 9.97 Å². The van der Waals surface area contributed by atoms with Gasteiger partial charge in [0.15, 0.2) is 0 Å². The predicted molar refractivity (Wildman–Crippen MR) is 94.0 cm³/mol. The quantitative estimate of drug-likeness (QED) is 0.783. The monoisotopic (exact) mass is 315 g/mol. The first-order chi connectivity index (χ1) is 10.6. The van der Waals surface area contributed by atoms with Crippen molar-refractivity contribution in [2.24, 2.45) is 11.8 Å². The van der Waals surface area contributed by atoms with Gasteiger partial charge in [0.1, 0.15) is 16.5 Å². The molecule has 3 heterocycles. The van der Waals surface area contributed by atoms with E-state index in [1.807, 2.05) is 18.3 Å². The summed E-state index contributed by atoms with van der Waals surface area (Å²) in [6, 6.07) is 0. The molecular weight excluding hydrogens is 290 g/mol. The van der Waals surface area contributed by atoms with E-state index >= 15 is 0 Å². The van der Waals surface area contributed by atoms with Crippen LogP contribution in [0.15, 0.2) is 0 Å². The maximum Gasteiger partial charge on any atom is 0.141 e. The summed E-state index contributed by atoms with van der Waals surface area (Å²) in [4.78, 5) is 15.0. The van der Waals surface area contributed by atoms with Crippen LogP contribution < -0.4 is 4.90 Å². The number of hydrogen-bond acceptors (Lipinski definition) is 4. The Balaban J connectivity index is 1.87. The second-order valence-electron chi connectivity index (χ2n) is 7.34. The molecule has 3 nitrogen and oxygen atoms in total. The van der Waals surface area contributed by atoms with Gasteiger partial charge in [-0.15, -0.1) is 11.3 Å². The summed E-state index contributed by atoms with van der Waals surface area (Å²) < 4.78 is 0. The van der Waals surface area contributed by atoms with Gasteiger partial charge in [-0.25, -0.2) is 9.97 Å². The summed E-state index contributed by atoms with van der Waals surface area (Å²) >= 11 is 1.92. The van der Waals surface area contributed by atoms with Crippen molar-refractivity contribution < 1.29 is 0 Å². The molecule has 1 fully saturated rings. The first-order valence-corrected chi connectivity index (χ1v) is 9.47. The maximum atomic E-state index is 4.90. The van der Waals surface area contributed by atoms with Gasteiger partial charge in [-0.1, -0.05) is 13.8 Å². The average Bonchev–Trinajstić information content (AvgIpc) is 2.83. The number of anilines is 1. The van der Waals surface area contributed by atoms with Crippen molar-refractivity contribution in [1.82, 2.24) is 9.97 Å². The molecule has 0 bridgehead atoms. The zero-order valence-electron chi connectivity index (χ0n) is 13.9. The Kier molecular flexibility index (Phi) is 3.60. The number of piperidine rings is 1. The molecule has 1 saturated heterocycles. The summed E-state index contributed by atoms with van der Waals surface area (Å²) in [5.41, 5.74) is 1.56. The van der Waals surface area contributed by atoms with E-state index in [1.54, 1.807) is 10.4 Å². The molecule has 2 aromatic rings. The van der Waals surface area contributed by atoms with Crippen LogP contribution in [0.3, 0.4) is 0 Å². The molecule has 0 saturated carbocycles. The third-order valence-electron chi connectivity index (χ3n) is 5.08. The minimum atomic E-state index is 0.753. The third kappa shape index (κ3) is 2.41. The molecule has 1 aliphatic heterocycles. The van der Waals surface area contributed by atoms with Gasteiger partial charge in [-0.3, -0.25) is 0 Å². The summed E-state index contributed by atoms with van der Waals surface area (Å²) in [6.07, 6.45) is 6.44. The van der Waals surface area contributed by atoms with Crippen molar-refractivity contribution in [3.63, 3.8) is 0 Å². The molecule has 2 aliphatic rings. The first kappa shape index (κ1) is 14.4. The van der Waals surface area contributed by atoms with Crippen molar-refractivity contribution in [3.05, 3.63) is 16.3 Å². The third-order valence-corrected chi connectivity index (χ3v) is 6.26. The standard InChI is InChI=1S/C18H25N3S/c1-11-8-12(2)10-21(9-11)17-16-14-6-4-5-7-15(14)22-18(16)20-13(3)19-17/h11-12H,4-10H2,1-3H3/t11-,12-/m1/s1.